The number of aryl methyl sites for hydroxylation is 2. The van der Waals surface area contributed by atoms with Crippen molar-refractivity contribution in [1.82, 2.24) is 20.5 Å². The Morgan fingerprint density at radius 1 is 1.30 bits per heavy atom. The standard InChI is InChI=1S/C17H31N5S/c1-5-18-17(20-11-16-14(3)21-15(4)23-16)19-10-13(2)12-22-8-6-7-9-22/h13H,5-12H2,1-4H3,(H2,18,19,20). The van der Waals surface area contributed by atoms with Gasteiger partial charge in [-0.15, -0.1) is 11.3 Å². The van der Waals surface area contributed by atoms with Crippen LogP contribution in [0.3, 0.4) is 0 Å². The molecular formula is C17H31N5S. The molecule has 1 saturated heterocycles. The number of hydrogen-bond acceptors (Lipinski definition) is 4. The molecule has 23 heavy (non-hydrogen) atoms. The fourth-order valence-corrected chi connectivity index (χ4v) is 3.82. The van der Waals surface area contributed by atoms with Gasteiger partial charge in [-0.05, 0) is 52.6 Å². The average molecular weight is 338 g/mol. The number of guanidine groups is 1. The first-order valence-corrected chi connectivity index (χ1v) is 9.57. The van der Waals surface area contributed by atoms with Gasteiger partial charge in [-0.3, -0.25) is 0 Å². The summed E-state index contributed by atoms with van der Waals surface area (Å²) in [7, 11) is 0. The Balaban J connectivity index is 1.82. The molecule has 0 bridgehead atoms. The topological polar surface area (TPSA) is 52.6 Å². The molecule has 1 atom stereocenters. The third-order valence-electron chi connectivity index (χ3n) is 4.11. The summed E-state index contributed by atoms with van der Waals surface area (Å²) in [5.41, 5.74) is 1.11. The van der Waals surface area contributed by atoms with E-state index in [1.54, 1.807) is 11.3 Å². The third kappa shape index (κ3) is 6.11. The highest BCUT2D eigenvalue weighted by Crippen LogP contribution is 2.17. The molecule has 1 aliphatic rings. The molecule has 1 unspecified atom stereocenters. The van der Waals surface area contributed by atoms with E-state index in [2.05, 4.69) is 41.3 Å². The van der Waals surface area contributed by atoms with Crippen LogP contribution < -0.4 is 10.6 Å². The highest BCUT2D eigenvalue weighted by Gasteiger charge is 2.14. The molecule has 0 radical (unpaired) electrons. The molecule has 1 aromatic heterocycles. The molecule has 0 saturated carbocycles. The van der Waals surface area contributed by atoms with E-state index in [0.717, 1.165) is 29.8 Å². The van der Waals surface area contributed by atoms with E-state index in [4.69, 9.17) is 4.99 Å². The smallest absolute Gasteiger partial charge is 0.191 e. The number of nitrogens with one attached hydrogen (secondary N) is 2. The summed E-state index contributed by atoms with van der Waals surface area (Å²) in [6.07, 6.45) is 2.72. The first kappa shape index (κ1) is 18.2. The van der Waals surface area contributed by atoms with Crippen LogP contribution in [0.25, 0.3) is 0 Å². The second kappa shape index (κ2) is 9.23. The van der Waals surface area contributed by atoms with E-state index < -0.39 is 0 Å². The molecule has 2 heterocycles. The van der Waals surface area contributed by atoms with E-state index in [1.807, 2.05) is 6.92 Å². The van der Waals surface area contributed by atoms with Crippen molar-refractivity contribution >= 4 is 17.3 Å². The van der Waals surface area contributed by atoms with Gasteiger partial charge in [0.1, 0.15) is 0 Å². The molecule has 1 fully saturated rings. The lowest BCUT2D eigenvalue weighted by Crippen LogP contribution is -2.41. The second-order valence-electron chi connectivity index (χ2n) is 6.43. The van der Waals surface area contributed by atoms with Crippen LogP contribution in [0.2, 0.25) is 0 Å². The zero-order chi connectivity index (χ0) is 16.7. The Kier molecular flexibility index (Phi) is 7.30. The number of aromatic nitrogens is 1. The summed E-state index contributed by atoms with van der Waals surface area (Å²) in [4.78, 5) is 13.0. The normalized spacial score (nSPS) is 17.5. The highest BCUT2D eigenvalue weighted by atomic mass is 32.1. The molecule has 2 rings (SSSR count). The van der Waals surface area contributed by atoms with Crippen LogP contribution in [-0.2, 0) is 6.54 Å². The first-order chi connectivity index (χ1) is 11.1. The minimum atomic E-state index is 0.629. The van der Waals surface area contributed by atoms with Gasteiger partial charge in [-0.25, -0.2) is 9.98 Å². The maximum absolute atomic E-state index is 4.71. The van der Waals surface area contributed by atoms with Gasteiger partial charge in [0.2, 0.25) is 0 Å². The molecule has 130 valence electrons. The van der Waals surface area contributed by atoms with Crippen molar-refractivity contribution in [2.24, 2.45) is 10.9 Å². The van der Waals surface area contributed by atoms with Crippen LogP contribution in [0.5, 0.6) is 0 Å². The maximum atomic E-state index is 4.71. The van der Waals surface area contributed by atoms with Crippen LogP contribution in [0, 0.1) is 19.8 Å². The molecule has 5 nitrogen and oxygen atoms in total. The summed E-state index contributed by atoms with van der Waals surface area (Å²) in [5.74, 6) is 1.54. The number of nitrogens with zero attached hydrogens (tertiary/aromatic N) is 3. The molecule has 1 aliphatic heterocycles. The predicted octanol–water partition coefficient (Wildman–Crippen LogP) is 2.55. The summed E-state index contributed by atoms with van der Waals surface area (Å²) in [6.45, 7) is 14.8. The molecule has 2 N–H and O–H groups in total. The van der Waals surface area contributed by atoms with Crippen LogP contribution in [0.4, 0.5) is 0 Å². The van der Waals surface area contributed by atoms with E-state index >= 15 is 0 Å². The first-order valence-electron chi connectivity index (χ1n) is 8.76. The molecule has 6 heteroatoms. The quantitative estimate of drug-likeness (QED) is 0.593. The van der Waals surface area contributed by atoms with Crippen molar-refractivity contribution in [3.05, 3.63) is 15.6 Å². The number of aliphatic imine (C=N–C) groups is 1. The highest BCUT2D eigenvalue weighted by molar-refractivity contribution is 7.11. The summed E-state index contributed by atoms with van der Waals surface area (Å²) in [5, 5.41) is 7.94. The average Bonchev–Trinajstić information content (AvgIpc) is 3.11. The third-order valence-corrected chi connectivity index (χ3v) is 5.17. The van der Waals surface area contributed by atoms with Crippen LogP contribution >= 0.6 is 11.3 Å². The zero-order valence-electron chi connectivity index (χ0n) is 15.0. The maximum Gasteiger partial charge on any atom is 0.191 e. The minimum Gasteiger partial charge on any atom is -0.357 e. The number of hydrogen-bond donors (Lipinski definition) is 2. The Hall–Kier alpha value is -1.14. The fourth-order valence-electron chi connectivity index (χ4n) is 2.95. The molecule has 0 aliphatic carbocycles. The van der Waals surface area contributed by atoms with Gasteiger partial charge in [0.25, 0.3) is 0 Å². The number of rotatable bonds is 7. The van der Waals surface area contributed by atoms with Crippen molar-refractivity contribution < 1.29 is 0 Å². The van der Waals surface area contributed by atoms with Gasteiger partial charge < -0.3 is 15.5 Å². The largest absolute Gasteiger partial charge is 0.357 e. The van der Waals surface area contributed by atoms with Gasteiger partial charge in [0.15, 0.2) is 5.96 Å². The van der Waals surface area contributed by atoms with E-state index in [-0.39, 0.29) is 0 Å². The Morgan fingerprint density at radius 3 is 2.65 bits per heavy atom. The molecule has 0 amide bonds. The monoisotopic (exact) mass is 337 g/mol. The lowest BCUT2D eigenvalue weighted by molar-refractivity contribution is 0.287. The van der Waals surface area contributed by atoms with Crippen molar-refractivity contribution in [2.45, 2.75) is 47.1 Å². The van der Waals surface area contributed by atoms with Gasteiger partial charge in [0, 0.05) is 24.5 Å². The summed E-state index contributed by atoms with van der Waals surface area (Å²) >= 11 is 1.74. The lowest BCUT2D eigenvalue weighted by Gasteiger charge is -2.21. The molecule has 0 aromatic carbocycles. The molecular weight excluding hydrogens is 306 g/mol. The van der Waals surface area contributed by atoms with Crippen LogP contribution in [-0.4, -0.2) is 48.6 Å². The van der Waals surface area contributed by atoms with Gasteiger partial charge >= 0.3 is 0 Å². The summed E-state index contributed by atoms with van der Waals surface area (Å²) < 4.78 is 0. The van der Waals surface area contributed by atoms with E-state index in [1.165, 1.54) is 37.4 Å². The van der Waals surface area contributed by atoms with Crippen molar-refractivity contribution in [1.29, 1.82) is 0 Å². The van der Waals surface area contributed by atoms with Crippen molar-refractivity contribution in [2.75, 3.05) is 32.7 Å². The summed E-state index contributed by atoms with van der Waals surface area (Å²) in [6, 6.07) is 0. The Bertz CT molecular complexity index is 505. The fraction of sp³-hybridized carbons (Fsp3) is 0.765. The predicted molar refractivity (Wildman–Crippen MR) is 99.2 cm³/mol. The second-order valence-corrected chi connectivity index (χ2v) is 7.72. The van der Waals surface area contributed by atoms with E-state index in [9.17, 15) is 0 Å². The van der Waals surface area contributed by atoms with E-state index in [0.29, 0.717) is 12.5 Å². The zero-order valence-corrected chi connectivity index (χ0v) is 15.8. The van der Waals surface area contributed by atoms with Crippen molar-refractivity contribution in [3.8, 4) is 0 Å². The van der Waals surface area contributed by atoms with Crippen molar-refractivity contribution in [3.63, 3.8) is 0 Å². The van der Waals surface area contributed by atoms with Gasteiger partial charge in [0.05, 0.1) is 17.2 Å². The Labute approximate surface area is 144 Å². The van der Waals surface area contributed by atoms with Gasteiger partial charge in [-0.1, -0.05) is 6.92 Å². The SMILES string of the molecule is CCNC(=NCc1sc(C)nc1C)NCC(C)CN1CCCC1. The van der Waals surface area contributed by atoms with Crippen LogP contribution in [0.15, 0.2) is 4.99 Å². The lowest BCUT2D eigenvalue weighted by atomic mass is 10.1. The number of thiazole rings is 1. The van der Waals surface area contributed by atoms with Gasteiger partial charge in [-0.2, -0.15) is 0 Å². The molecule has 0 spiro atoms. The minimum absolute atomic E-state index is 0.629. The number of likely N-dealkylation sites (tertiary alicyclic amines) is 1. The Morgan fingerprint density at radius 2 is 2.04 bits per heavy atom. The molecule has 1 aromatic rings. The van der Waals surface area contributed by atoms with Crippen LogP contribution in [0.1, 0.15) is 42.3 Å².